The molecule has 4 nitrogen and oxygen atoms in total. The molecule has 4 heteroatoms. The Morgan fingerprint density at radius 3 is 2.07 bits per heavy atom. The lowest BCUT2D eigenvalue weighted by molar-refractivity contribution is -0.128. The highest BCUT2D eigenvalue weighted by Crippen LogP contribution is 2.04. The molecule has 0 aliphatic heterocycles. The Hall–Kier alpha value is -1.97. The van der Waals surface area contributed by atoms with E-state index in [0.29, 0.717) is 13.1 Å². The van der Waals surface area contributed by atoms with Gasteiger partial charge in [0.2, 0.25) is 0 Å². The Bertz CT molecular complexity index is 353. The zero-order valence-electron chi connectivity index (χ0n) is 8.46. The first-order chi connectivity index (χ1) is 7.38. The average molecular weight is 204 g/mol. The molecule has 0 N–H and O–H groups in total. The molecule has 0 fully saturated rings. The number of hydrogen-bond acceptors (Lipinski definition) is 4. The van der Waals surface area contributed by atoms with E-state index in [9.17, 15) is 4.79 Å². The second-order valence-corrected chi connectivity index (χ2v) is 2.60. The fraction of sp³-hybridized carbons (Fsp3) is 0.182. The predicted octanol–water partition coefficient (Wildman–Crippen LogP) is 1.81. The van der Waals surface area contributed by atoms with Gasteiger partial charge in [-0.1, -0.05) is 12.1 Å². The lowest BCUT2D eigenvalue weighted by atomic mass is 10.3. The zero-order valence-corrected chi connectivity index (χ0v) is 8.46. The van der Waals surface area contributed by atoms with Gasteiger partial charge >= 0.3 is 0 Å². The number of para-hydroxylation sites is 2. The van der Waals surface area contributed by atoms with Gasteiger partial charge in [-0.25, -0.2) is 0 Å². The highest BCUT2D eigenvalue weighted by atomic mass is 16.5. The molecular weight excluding hydrogens is 192 g/mol. The van der Waals surface area contributed by atoms with Crippen LogP contribution in [0.2, 0.25) is 0 Å². The third-order valence-corrected chi connectivity index (χ3v) is 1.61. The van der Waals surface area contributed by atoms with Crippen LogP contribution in [0.5, 0.6) is 0 Å². The van der Waals surface area contributed by atoms with Gasteiger partial charge in [0.05, 0.1) is 17.6 Å². The fourth-order valence-corrected chi connectivity index (χ4v) is 0.978. The van der Waals surface area contributed by atoms with Gasteiger partial charge in [-0.2, -0.15) is 0 Å². The van der Waals surface area contributed by atoms with Crippen molar-refractivity contribution in [3.8, 4) is 0 Å². The molecule has 1 aromatic heterocycles. The molecular formula is C11H12N2O2. The van der Waals surface area contributed by atoms with E-state index in [1.165, 1.54) is 0 Å². The second kappa shape index (κ2) is 6.48. The standard InChI is InChI=1S/C8H6N2.C3H6O2/c1-2-4-8-7(3-1)9-5-6-10-8;1-2-5-3-4/h1-6H;3H,2H2,1H3. The molecule has 0 aliphatic rings. The Morgan fingerprint density at radius 2 is 1.73 bits per heavy atom. The summed E-state index contributed by atoms with van der Waals surface area (Å²) >= 11 is 0. The lowest BCUT2D eigenvalue weighted by Crippen LogP contribution is -1.80. The molecule has 0 saturated heterocycles. The summed E-state index contributed by atoms with van der Waals surface area (Å²) in [5, 5.41) is 0. The van der Waals surface area contributed by atoms with Gasteiger partial charge in [-0.15, -0.1) is 0 Å². The van der Waals surface area contributed by atoms with Crippen molar-refractivity contribution in [2.45, 2.75) is 6.92 Å². The highest BCUT2D eigenvalue weighted by Gasteiger charge is 1.88. The van der Waals surface area contributed by atoms with E-state index in [-0.39, 0.29) is 0 Å². The highest BCUT2D eigenvalue weighted by molar-refractivity contribution is 5.72. The molecule has 0 unspecified atom stereocenters. The third kappa shape index (κ3) is 3.72. The summed E-state index contributed by atoms with van der Waals surface area (Å²) in [5.41, 5.74) is 1.90. The number of carbonyl (C=O) groups excluding carboxylic acids is 1. The van der Waals surface area contributed by atoms with Gasteiger partial charge in [-0.05, 0) is 19.1 Å². The minimum atomic E-state index is 0.431. The number of hydrogen-bond donors (Lipinski definition) is 0. The van der Waals surface area contributed by atoms with Gasteiger partial charge in [0.15, 0.2) is 0 Å². The molecule has 0 spiro atoms. The van der Waals surface area contributed by atoms with Crippen LogP contribution in [0.15, 0.2) is 36.7 Å². The fourth-order valence-electron chi connectivity index (χ4n) is 0.978. The molecule has 0 bridgehead atoms. The molecule has 0 aliphatic carbocycles. The summed E-state index contributed by atoms with van der Waals surface area (Å²) < 4.78 is 4.15. The van der Waals surface area contributed by atoms with Crippen molar-refractivity contribution >= 4 is 17.5 Å². The average Bonchev–Trinajstić information content (AvgIpc) is 2.31. The van der Waals surface area contributed by atoms with E-state index in [2.05, 4.69) is 14.7 Å². The number of benzene rings is 1. The molecule has 0 radical (unpaired) electrons. The van der Waals surface area contributed by atoms with Crippen LogP contribution < -0.4 is 0 Å². The van der Waals surface area contributed by atoms with Crippen molar-refractivity contribution in [3.63, 3.8) is 0 Å². The van der Waals surface area contributed by atoms with E-state index >= 15 is 0 Å². The SMILES string of the molecule is CCOC=O.c1ccc2nccnc2c1. The molecule has 2 aromatic rings. The topological polar surface area (TPSA) is 52.1 Å². The predicted molar refractivity (Wildman–Crippen MR) is 57.2 cm³/mol. The number of rotatable bonds is 2. The van der Waals surface area contributed by atoms with Crippen LogP contribution in [0.4, 0.5) is 0 Å². The first kappa shape index (κ1) is 11.1. The maximum absolute atomic E-state index is 9.18. The minimum Gasteiger partial charge on any atom is -0.468 e. The molecule has 78 valence electrons. The number of nitrogens with zero attached hydrogens (tertiary/aromatic N) is 2. The Balaban J connectivity index is 0.000000195. The van der Waals surface area contributed by atoms with Gasteiger partial charge in [0.1, 0.15) is 0 Å². The number of ether oxygens (including phenoxy) is 1. The number of aromatic nitrogens is 2. The maximum Gasteiger partial charge on any atom is 0.293 e. The lowest BCUT2D eigenvalue weighted by Gasteiger charge is -1.90. The van der Waals surface area contributed by atoms with E-state index in [1.807, 2.05) is 24.3 Å². The Morgan fingerprint density at radius 1 is 1.20 bits per heavy atom. The molecule has 0 amide bonds. The molecule has 1 heterocycles. The largest absolute Gasteiger partial charge is 0.468 e. The van der Waals surface area contributed by atoms with Crippen molar-refractivity contribution in [3.05, 3.63) is 36.7 Å². The summed E-state index contributed by atoms with van der Waals surface area (Å²) in [6.07, 6.45) is 3.39. The van der Waals surface area contributed by atoms with Crippen molar-refractivity contribution in [1.82, 2.24) is 9.97 Å². The van der Waals surface area contributed by atoms with Crippen molar-refractivity contribution in [2.75, 3.05) is 6.61 Å². The molecule has 0 atom stereocenters. The van der Waals surface area contributed by atoms with Crippen molar-refractivity contribution < 1.29 is 9.53 Å². The zero-order chi connectivity index (χ0) is 10.9. The van der Waals surface area contributed by atoms with Crippen LogP contribution in [-0.2, 0) is 9.53 Å². The molecule has 2 rings (SSSR count). The Labute approximate surface area is 87.9 Å². The van der Waals surface area contributed by atoms with Gasteiger partial charge in [-0.3, -0.25) is 14.8 Å². The molecule has 1 aromatic carbocycles. The minimum absolute atomic E-state index is 0.431. The van der Waals surface area contributed by atoms with Crippen LogP contribution in [0.1, 0.15) is 6.92 Å². The van der Waals surface area contributed by atoms with Crippen LogP contribution in [0.25, 0.3) is 11.0 Å². The monoisotopic (exact) mass is 204 g/mol. The van der Waals surface area contributed by atoms with Crippen molar-refractivity contribution in [2.24, 2.45) is 0 Å². The van der Waals surface area contributed by atoms with Crippen LogP contribution >= 0.6 is 0 Å². The maximum atomic E-state index is 9.18. The molecule has 0 saturated carbocycles. The van der Waals surface area contributed by atoms with Crippen LogP contribution in [0, 0.1) is 0 Å². The van der Waals surface area contributed by atoms with Gasteiger partial charge < -0.3 is 4.74 Å². The van der Waals surface area contributed by atoms with E-state index in [4.69, 9.17) is 0 Å². The van der Waals surface area contributed by atoms with E-state index in [1.54, 1.807) is 19.3 Å². The second-order valence-electron chi connectivity index (χ2n) is 2.60. The van der Waals surface area contributed by atoms with Crippen molar-refractivity contribution in [1.29, 1.82) is 0 Å². The summed E-state index contributed by atoms with van der Waals surface area (Å²) in [4.78, 5) is 17.4. The van der Waals surface area contributed by atoms with Gasteiger partial charge in [0, 0.05) is 12.4 Å². The van der Waals surface area contributed by atoms with E-state index in [0.717, 1.165) is 11.0 Å². The summed E-state index contributed by atoms with van der Waals surface area (Å²) in [6.45, 7) is 2.66. The molecule has 15 heavy (non-hydrogen) atoms. The van der Waals surface area contributed by atoms with Crippen LogP contribution in [0.3, 0.4) is 0 Å². The Kier molecular flexibility index (Phi) is 4.80. The normalized spacial score (nSPS) is 8.87. The third-order valence-electron chi connectivity index (χ3n) is 1.61. The first-order valence-electron chi connectivity index (χ1n) is 4.59. The smallest absolute Gasteiger partial charge is 0.293 e. The quantitative estimate of drug-likeness (QED) is 0.700. The van der Waals surface area contributed by atoms with Gasteiger partial charge in [0.25, 0.3) is 6.47 Å². The van der Waals surface area contributed by atoms with Crippen LogP contribution in [-0.4, -0.2) is 23.0 Å². The first-order valence-corrected chi connectivity index (χ1v) is 4.59. The van der Waals surface area contributed by atoms with E-state index < -0.39 is 0 Å². The number of fused-ring (bicyclic) bond motifs is 1. The summed E-state index contributed by atoms with van der Waals surface area (Å²) in [5.74, 6) is 0. The summed E-state index contributed by atoms with van der Waals surface area (Å²) in [7, 11) is 0. The number of carbonyl (C=O) groups is 1. The summed E-state index contributed by atoms with van der Waals surface area (Å²) in [6, 6.07) is 7.80.